The quantitative estimate of drug-likeness (QED) is 0.671. The Kier molecular flexibility index (Phi) is 3.18. The molecule has 0 radical (unpaired) electrons. The van der Waals surface area contributed by atoms with E-state index in [0.29, 0.717) is 12.1 Å². The highest BCUT2D eigenvalue weighted by molar-refractivity contribution is 5.77. The monoisotopic (exact) mass is 216 g/mol. The third kappa shape index (κ3) is 2.38. The molecule has 1 aromatic carbocycles. The summed E-state index contributed by atoms with van der Waals surface area (Å²) in [4.78, 5) is 12.4. The molecule has 1 heterocycles. The van der Waals surface area contributed by atoms with Crippen LogP contribution in [0.4, 0.5) is 0 Å². The number of nitrogens with zero attached hydrogens (tertiary/aromatic N) is 1. The first-order chi connectivity index (χ1) is 7.79. The molecule has 1 atom stereocenters. The first-order valence-electron chi connectivity index (χ1n) is 5.38. The van der Waals surface area contributed by atoms with Crippen LogP contribution >= 0.6 is 0 Å². The maximum absolute atomic E-state index is 11.2. The van der Waals surface area contributed by atoms with E-state index in [1.54, 1.807) is 0 Å². The average molecular weight is 216 g/mol. The minimum absolute atomic E-state index is 0.0932. The van der Waals surface area contributed by atoms with Crippen LogP contribution < -0.4 is 10.2 Å². The van der Waals surface area contributed by atoms with Crippen LogP contribution in [0.5, 0.6) is 0 Å². The molecule has 4 heteroatoms. The van der Waals surface area contributed by atoms with E-state index < -0.39 is 0 Å². The summed E-state index contributed by atoms with van der Waals surface area (Å²) in [5.74, 6) is 0.0932. The van der Waals surface area contributed by atoms with Crippen LogP contribution in [0.1, 0.15) is 11.1 Å². The second-order valence-corrected chi connectivity index (χ2v) is 3.97. The predicted molar refractivity (Wildman–Crippen MR) is 58.6 cm³/mol. The number of carbonyl (C=O) groups is 1. The van der Waals surface area contributed by atoms with Crippen LogP contribution in [0.15, 0.2) is 24.3 Å². The van der Waals surface area contributed by atoms with Crippen LogP contribution in [-0.2, 0) is 11.3 Å². The molecule has 2 rings (SSSR count). The minimum Gasteiger partial charge on any atom is -0.346 e. The molecule has 2 N–H and O–H groups in total. The van der Waals surface area contributed by atoms with Crippen molar-refractivity contribution in [3.8, 4) is 6.07 Å². The molecule has 0 aliphatic carbocycles. The molecule has 82 valence electrons. The number of hydrogen-bond donors (Lipinski definition) is 2. The second kappa shape index (κ2) is 4.77. The zero-order valence-electron chi connectivity index (χ0n) is 8.99. The lowest BCUT2D eigenvalue weighted by molar-refractivity contribution is -0.907. The average Bonchev–Trinajstić information content (AvgIpc) is 2.30. The summed E-state index contributed by atoms with van der Waals surface area (Å²) in [6.07, 6.45) is 0. The second-order valence-electron chi connectivity index (χ2n) is 3.97. The molecule has 1 aliphatic heterocycles. The molecule has 4 nitrogen and oxygen atoms in total. The maximum atomic E-state index is 11.2. The summed E-state index contributed by atoms with van der Waals surface area (Å²) in [7, 11) is 0. The third-order valence-electron chi connectivity index (χ3n) is 2.79. The van der Waals surface area contributed by atoms with Crippen LogP contribution in [0.2, 0.25) is 0 Å². The minimum atomic E-state index is 0.0932. The molecule has 0 spiro atoms. The Morgan fingerprint density at radius 2 is 2.25 bits per heavy atom. The van der Waals surface area contributed by atoms with Crippen molar-refractivity contribution in [3.05, 3.63) is 35.4 Å². The Morgan fingerprint density at radius 3 is 3.00 bits per heavy atom. The fourth-order valence-corrected chi connectivity index (χ4v) is 1.96. The van der Waals surface area contributed by atoms with Gasteiger partial charge in [0.2, 0.25) is 0 Å². The van der Waals surface area contributed by atoms with Gasteiger partial charge < -0.3 is 10.2 Å². The van der Waals surface area contributed by atoms with E-state index in [0.717, 1.165) is 25.2 Å². The van der Waals surface area contributed by atoms with Gasteiger partial charge in [0.15, 0.2) is 6.54 Å². The van der Waals surface area contributed by atoms with Crippen molar-refractivity contribution in [3.63, 3.8) is 0 Å². The zero-order valence-corrected chi connectivity index (χ0v) is 8.99. The summed E-state index contributed by atoms with van der Waals surface area (Å²) in [5.41, 5.74) is 1.73. The van der Waals surface area contributed by atoms with E-state index >= 15 is 0 Å². The van der Waals surface area contributed by atoms with Gasteiger partial charge in [-0.05, 0) is 6.07 Å². The highest BCUT2D eigenvalue weighted by atomic mass is 16.2. The van der Waals surface area contributed by atoms with E-state index in [1.165, 1.54) is 4.90 Å². The Morgan fingerprint density at radius 1 is 1.44 bits per heavy atom. The lowest BCUT2D eigenvalue weighted by Gasteiger charge is -2.23. The maximum Gasteiger partial charge on any atom is 0.275 e. The number of benzene rings is 1. The molecule has 16 heavy (non-hydrogen) atoms. The van der Waals surface area contributed by atoms with Gasteiger partial charge in [-0.2, -0.15) is 5.26 Å². The summed E-state index contributed by atoms with van der Waals surface area (Å²) in [6.45, 7) is 2.89. The highest BCUT2D eigenvalue weighted by Gasteiger charge is 2.20. The van der Waals surface area contributed by atoms with Crippen LogP contribution in [-0.4, -0.2) is 25.5 Å². The molecule has 1 amide bonds. The Bertz CT molecular complexity index is 436. The van der Waals surface area contributed by atoms with Gasteiger partial charge in [0.1, 0.15) is 6.54 Å². The molecule has 0 aromatic heterocycles. The zero-order chi connectivity index (χ0) is 11.4. The van der Waals surface area contributed by atoms with Crippen LogP contribution in [0.25, 0.3) is 0 Å². The van der Waals surface area contributed by atoms with Crippen molar-refractivity contribution in [2.45, 2.75) is 6.54 Å². The Labute approximate surface area is 94.5 Å². The number of hydrogen-bond acceptors (Lipinski definition) is 2. The summed E-state index contributed by atoms with van der Waals surface area (Å²) < 4.78 is 0. The van der Waals surface area contributed by atoms with E-state index in [2.05, 4.69) is 11.4 Å². The normalized spacial score (nSPS) is 19.9. The molecule has 1 unspecified atom stereocenters. The SMILES string of the molecule is N#Cc1ccccc1C[NH+]1CCNC(=O)C1. The molecular formula is C12H14N3O+. The number of carbonyl (C=O) groups excluding carboxylic acids is 1. The molecular weight excluding hydrogens is 202 g/mol. The summed E-state index contributed by atoms with van der Waals surface area (Å²) >= 11 is 0. The summed E-state index contributed by atoms with van der Waals surface area (Å²) in [5, 5.41) is 11.8. The summed E-state index contributed by atoms with van der Waals surface area (Å²) in [6, 6.07) is 9.75. The molecule has 1 saturated heterocycles. The van der Waals surface area contributed by atoms with Gasteiger partial charge in [0.25, 0.3) is 5.91 Å². The third-order valence-corrected chi connectivity index (χ3v) is 2.79. The Hall–Kier alpha value is -1.86. The number of rotatable bonds is 2. The van der Waals surface area contributed by atoms with Crippen molar-refractivity contribution in [2.24, 2.45) is 0 Å². The number of nitriles is 1. The molecule has 1 aromatic rings. The number of quaternary nitrogens is 1. The highest BCUT2D eigenvalue weighted by Crippen LogP contribution is 2.05. The fraction of sp³-hybridized carbons (Fsp3) is 0.333. The Balaban J connectivity index is 2.09. The molecule has 0 bridgehead atoms. The van der Waals surface area contributed by atoms with Gasteiger partial charge >= 0.3 is 0 Å². The molecule has 0 saturated carbocycles. The lowest BCUT2D eigenvalue weighted by Crippen LogP contribution is -3.14. The molecule has 1 aliphatic rings. The van der Waals surface area contributed by atoms with E-state index in [4.69, 9.17) is 5.26 Å². The first-order valence-corrected chi connectivity index (χ1v) is 5.38. The topological polar surface area (TPSA) is 57.3 Å². The van der Waals surface area contributed by atoms with Gasteiger partial charge in [-0.25, -0.2) is 0 Å². The van der Waals surface area contributed by atoms with Crippen molar-refractivity contribution in [1.29, 1.82) is 5.26 Å². The van der Waals surface area contributed by atoms with E-state index in [9.17, 15) is 4.79 Å². The van der Waals surface area contributed by atoms with Gasteiger partial charge in [-0.1, -0.05) is 18.2 Å². The predicted octanol–water partition coefficient (Wildman–Crippen LogP) is -0.927. The van der Waals surface area contributed by atoms with E-state index in [1.807, 2.05) is 24.3 Å². The number of amides is 1. The van der Waals surface area contributed by atoms with E-state index in [-0.39, 0.29) is 5.91 Å². The van der Waals surface area contributed by atoms with Crippen LogP contribution in [0, 0.1) is 11.3 Å². The van der Waals surface area contributed by atoms with Crippen molar-refractivity contribution < 1.29 is 9.69 Å². The van der Waals surface area contributed by atoms with Gasteiger partial charge in [-0.3, -0.25) is 4.79 Å². The number of nitrogens with one attached hydrogen (secondary N) is 2. The van der Waals surface area contributed by atoms with Crippen molar-refractivity contribution in [2.75, 3.05) is 19.6 Å². The largest absolute Gasteiger partial charge is 0.346 e. The lowest BCUT2D eigenvalue weighted by atomic mass is 10.1. The molecule has 1 fully saturated rings. The van der Waals surface area contributed by atoms with Gasteiger partial charge in [0.05, 0.1) is 24.7 Å². The van der Waals surface area contributed by atoms with Gasteiger partial charge in [-0.15, -0.1) is 0 Å². The number of piperazine rings is 1. The first kappa shape index (κ1) is 10.7. The van der Waals surface area contributed by atoms with Crippen molar-refractivity contribution in [1.82, 2.24) is 5.32 Å². The van der Waals surface area contributed by atoms with Gasteiger partial charge in [0, 0.05) is 5.56 Å². The van der Waals surface area contributed by atoms with Crippen LogP contribution in [0.3, 0.4) is 0 Å². The van der Waals surface area contributed by atoms with Crippen molar-refractivity contribution >= 4 is 5.91 Å². The standard InChI is InChI=1S/C12H13N3O/c13-7-10-3-1-2-4-11(10)8-15-6-5-14-12(16)9-15/h1-4H,5-6,8-9H2,(H,14,16)/p+1. The fourth-order valence-electron chi connectivity index (χ4n) is 1.96. The smallest absolute Gasteiger partial charge is 0.275 e.